The van der Waals surface area contributed by atoms with Gasteiger partial charge in [-0.25, -0.2) is 0 Å². The van der Waals surface area contributed by atoms with Crippen LogP contribution in [-0.4, -0.2) is 99.7 Å². The fourth-order valence-corrected chi connectivity index (χ4v) is 7.16. The lowest BCUT2D eigenvalue weighted by atomic mass is 9.57. The van der Waals surface area contributed by atoms with Gasteiger partial charge in [0.15, 0.2) is 11.4 Å². The molecule has 2 heterocycles. The van der Waals surface area contributed by atoms with Crippen molar-refractivity contribution in [2.75, 3.05) is 40.4 Å². The third-order valence-corrected chi connectivity index (χ3v) is 9.13. The van der Waals surface area contributed by atoms with Crippen LogP contribution in [0.2, 0.25) is 0 Å². The minimum Gasteiger partial charge on any atom is -0.508 e. The van der Waals surface area contributed by atoms with Crippen molar-refractivity contribution in [3.63, 3.8) is 0 Å². The molecule has 6 rings (SSSR count). The molecular formula is C30H33N3O9. The van der Waals surface area contributed by atoms with E-state index in [1.165, 1.54) is 11.2 Å². The number of aliphatic hydroxyl groups excluding tert-OH is 2. The van der Waals surface area contributed by atoms with E-state index >= 15 is 0 Å². The molecular weight excluding hydrogens is 546 g/mol. The molecule has 12 heteroatoms. The number of likely N-dealkylation sites (N-methyl/N-ethyl adjacent to an activating group) is 1. The van der Waals surface area contributed by atoms with E-state index in [0.29, 0.717) is 49.5 Å². The molecule has 0 bridgehead atoms. The summed E-state index contributed by atoms with van der Waals surface area (Å²) in [6, 6.07) is 2.48. The van der Waals surface area contributed by atoms with Crippen molar-refractivity contribution < 1.29 is 44.0 Å². The maximum Gasteiger partial charge on any atom is 0.255 e. The molecule has 3 aliphatic carbocycles. The number of hydrogen-bond acceptors (Lipinski definition) is 11. The molecule has 0 spiro atoms. The zero-order valence-corrected chi connectivity index (χ0v) is 23.3. The third-order valence-electron chi connectivity index (χ3n) is 9.13. The molecule has 0 unspecified atom stereocenters. The first-order chi connectivity index (χ1) is 20.0. The predicted octanol–water partition coefficient (Wildman–Crippen LogP) is 1.06. The summed E-state index contributed by atoms with van der Waals surface area (Å²) in [7, 11) is 3.14. The molecule has 0 radical (unpaired) electrons. The van der Waals surface area contributed by atoms with Crippen LogP contribution in [0.5, 0.6) is 5.75 Å². The number of rotatable bonds is 5. The average Bonchev–Trinajstić information content (AvgIpc) is 3.47. The summed E-state index contributed by atoms with van der Waals surface area (Å²) in [6.07, 6.45) is 3.29. The standard InChI is InChI=1S/C30H33N3O9/c1-32(2)23-19-11-15-9-18-17(14-3-6-42-13-14)10-16(12-33-4-7-41-8-5-33)24(34)21(18)25(35)20(15)27(37)30(19,40)28(38)22(26(23)36)29(31)39/h3,6,10,13,15,19,23,34-35,38,40H,4-5,7-9,11-12H2,1-2H3,(H2,31,39)/t15-,19-,23-,30-/m0/s1. The second-order valence-electron chi connectivity index (χ2n) is 11.6. The number of ether oxygens (including phenoxy) is 1. The third kappa shape index (κ3) is 4.01. The molecule has 1 aliphatic heterocycles. The van der Waals surface area contributed by atoms with Crippen molar-refractivity contribution in [1.82, 2.24) is 9.80 Å². The quantitative estimate of drug-likeness (QED) is 0.319. The minimum absolute atomic E-state index is 0.0207. The van der Waals surface area contributed by atoms with Gasteiger partial charge in [0, 0.05) is 42.3 Å². The minimum atomic E-state index is -2.68. The van der Waals surface area contributed by atoms with Crippen LogP contribution in [-0.2, 0) is 32.1 Å². The van der Waals surface area contributed by atoms with Crippen LogP contribution in [0.25, 0.3) is 16.9 Å². The zero-order valence-electron chi connectivity index (χ0n) is 23.3. The lowest BCUT2D eigenvalue weighted by Gasteiger charge is -2.50. The molecule has 2 fully saturated rings. The number of phenolic OH excluding ortho intramolecular Hbond substituents is 1. The van der Waals surface area contributed by atoms with Gasteiger partial charge < -0.3 is 35.3 Å². The molecule has 2 aromatic rings. The first-order valence-electron chi connectivity index (χ1n) is 13.8. The van der Waals surface area contributed by atoms with Crippen molar-refractivity contribution in [3.05, 3.63) is 58.3 Å². The average molecular weight is 580 g/mol. The van der Waals surface area contributed by atoms with Crippen LogP contribution in [0.1, 0.15) is 23.1 Å². The number of nitrogens with zero attached hydrogens (tertiary/aromatic N) is 2. The van der Waals surface area contributed by atoms with E-state index in [1.807, 2.05) is 6.07 Å². The van der Waals surface area contributed by atoms with Crippen molar-refractivity contribution in [2.24, 2.45) is 17.6 Å². The van der Waals surface area contributed by atoms with Gasteiger partial charge in [-0.1, -0.05) is 0 Å². The second kappa shape index (κ2) is 10.1. The van der Waals surface area contributed by atoms with E-state index in [-0.39, 0.29) is 29.7 Å². The van der Waals surface area contributed by atoms with Crippen molar-refractivity contribution in [1.29, 1.82) is 0 Å². The molecule has 4 aliphatic rings. The van der Waals surface area contributed by atoms with Crippen LogP contribution in [0.15, 0.2) is 46.0 Å². The van der Waals surface area contributed by atoms with Gasteiger partial charge in [0.1, 0.15) is 22.8 Å². The zero-order chi connectivity index (χ0) is 30.1. The SMILES string of the molecule is CN(C)[C@@H]1C(=O)C(C(N)=O)=C(O)[C@@]2(O)C(=O)C3=C(O)c4c(O)c(CN5CCOCC5)cc(-c5ccoc5)c4C[C@H]3C[C@@H]12. The highest BCUT2D eigenvalue weighted by Gasteiger charge is 2.64. The van der Waals surface area contributed by atoms with Gasteiger partial charge in [0.2, 0.25) is 5.78 Å². The Kier molecular flexibility index (Phi) is 6.76. The Hall–Kier alpha value is -3.97. The number of benzene rings is 1. The number of primary amides is 1. The number of hydrogen-bond donors (Lipinski definition) is 5. The molecule has 6 N–H and O–H groups in total. The number of Topliss-reactive ketones (excluding diaryl/α,β-unsaturated/α-hetero) is 2. The molecule has 42 heavy (non-hydrogen) atoms. The van der Waals surface area contributed by atoms with Gasteiger partial charge in [0.05, 0.1) is 37.3 Å². The highest BCUT2D eigenvalue weighted by atomic mass is 16.5. The van der Waals surface area contributed by atoms with E-state index in [0.717, 1.165) is 5.56 Å². The number of furan rings is 1. The fraction of sp³-hybridized carbons (Fsp3) is 0.433. The van der Waals surface area contributed by atoms with Crippen molar-refractivity contribution >= 4 is 23.2 Å². The maximum absolute atomic E-state index is 14.2. The number of amides is 1. The smallest absolute Gasteiger partial charge is 0.255 e. The lowest BCUT2D eigenvalue weighted by molar-refractivity contribution is -0.153. The Bertz CT molecular complexity index is 1550. The first kappa shape index (κ1) is 28.2. The number of morpholine rings is 1. The van der Waals surface area contributed by atoms with Crippen LogP contribution >= 0.6 is 0 Å². The summed E-state index contributed by atoms with van der Waals surface area (Å²) in [5.41, 5.74) is 4.30. The van der Waals surface area contributed by atoms with E-state index in [4.69, 9.17) is 14.9 Å². The van der Waals surface area contributed by atoms with E-state index in [9.17, 15) is 34.8 Å². The number of fused-ring (bicyclic) bond motifs is 3. The number of aliphatic hydroxyl groups is 3. The summed E-state index contributed by atoms with van der Waals surface area (Å²) >= 11 is 0. The van der Waals surface area contributed by atoms with Crippen molar-refractivity contribution in [3.8, 4) is 16.9 Å². The fourth-order valence-electron chi connectivity index (χ4n) is 7.16. The van der Waals surface area contributed by atoms with Crippen molar-refractivity contribution in [2.45, 2.75) is 31.0 Å². The number of aromatic hydroxyl groups is 1. The Morgan fingerprint density at radius 3 is 2.52 bits per heavy atom. The summed E-state index contributed by atoms with van der Waals surface area (Å²) in [4.78, 5) is 43.2. The van der Waals surface area contributed by atoms with Gasteiger partial charge in [-0.05, 0) is 56.1 Å². The number of ketones is 2. The summed E-state index contributed by atoms with van der Waals surface area (Å²) in [5, 5.41) is 46.1. The molecule has 1 amide bonds. The van der Waals surface area contributed by atoms with E-state index < -0.39 is 58.0 Å². The molecule has 1 aromatic heterocycles. The van der Waals surface area contributed by atoms with Crippen LogP contribution < -0.4 is 5.73 Å². The summed E-state index contributed by atoms with van der Waals surface area (Å²) in [5.74, 6) is -6.72. The second-order valence-corrected chi connectivity index (χ2v) is 11.6. The first-order valence-corrected chi connectivity index (χ1v) is 13.8. The molecule has 12 nitrogen and oxygen atoms in total. The van der Waals surface area contributed by atoms with E-state index in [2.05, 4.69) is 4.90 Å². The molecule has 1 saturated heterocycles. The normalized spacial score (nSPS) is 28.1. The topological polar surface area (TPSA) is 187 Å². The van der Waals surface area contributed by atoms with Gasteiger partial charge in [-0.3, -0.25) is 24.2 Å². The summed E-state index contributed by atoms with van der Waals surface area (Å²) < 4.78 is 10.8. The van der Waals surface area contributed by atoms with Crippen LogP contribution in [0.4, 0.5) is 0 Å². The van der Waals surface area contributed by atoms with Gasteiger partial charge >= 0.3 is 0 Å². The Morgan fingerprint density at radius 2 is 1.90 bits per heavy atom. The van der Waals surface area contributed by atoms with Crippen LogP contribution in [0.3, 0.4) is 0 Å². The van der Waals surface area contributed by atoms with Gasteiger partial charge in [-0.2, -0.15) is 0 Å². The Labute approximate surface area is 241 Å². The number of phenols is 1. The highest BCUT2D eigenvalue weighted by molar-refractivity contribution is 6.24. The van der Waals surface area contributed by atoms with Gasteiger partial charge in [0.25, 0.3) is 5.91 Å². The predicted molar refractivity (Wildman–Crippen MR) is 148 cm³/mol. The molecule has 1 saturated carbocycles. The number of nitrogens with two attached hydrogens (primary N) is 1. The number of carbonyl (C=O) groups excluding carboxylic acids is 3. The lowest BCUT2D eigenvalue weighted by Crippen LogP contribution is -2.65. The number of carbonyl (C=O) groups is 3. The Morgan fingerprint density at radius 1 is 1.19 bits per heavy atom. The van der Waals surface area contributed by atoms with Crippen LogP contribution in [0, 0.1) is 11.8 Å². The van der Waals surface area contributed by atoms with E-state index in [1.54, 1.807) is 26.4 Å². The molecule has 4 atom stereocenters. The largest absolute Gasteiger partial charge is 0.508 e. The Balaban J connectivity index is 1.55. The maximum atomic E-state index is 14.2. The van der Waals surface area contributed by atoms with Gasteiger partial charge in [-0.15, -0.1) is 0 Å². The molecule has 222 valence electrons. The molecule has 1 aromatic carbocycles. The highest BCUT2D eigenvalue weighted by Crippen LogP contribution is 2.54. The summed E-state index contributed by atoms with van der Waals surface area (Å²) in [6.45, 7) is 2.76. The monoisotopic (exact) mass is 579 g/mol.